The van der Waals surface area contributed by atoms with Gasteiger partial charge in [0.05, 0.1) is 6.04 Å². The average molecular weight is 285 g/mol. The molecule has 0 aliphatic carbocycles. The molecule has 0 fully saturated rings. The van der Waals surface area contributed by atoms with E-state index in [1.165, 1.54) is 0 Å². The van der Waals surface area contributed by atoms with Gasteiger partial charge in [-0.25, -0.2) is 0 Å². The molecule has 0 aliphatic heterocycles. The Kier molecular flexibility index (Phi) is 4.96. The minimum absolute atomic E-state index is 0.106. The van der Waals surface area contributed by atoms with Crippen molar-refractivity contribution in [3.8, 4) is 0 Å². The summed E-state index contributed by atoms with van der Waals surface area (Å²) in [6, 6.07) is 7.35. The summed E-state index contributed by atoms with van der Waals surface area (Å²) in [7, 11) is 0. The van der Waals surface area contributed by atoms with Crippen molar-refractivity contribution in [2.24, 2.45) is 11.7 Å². The first-order chi connectivity index (χ1) is 7.52. The minimum atomic E-state index is -0.442. The van der Waals surface area contributed by atoms with Crippen molar-refractivity contribution in [2.75, 3.05) is 0 Å². The fourth-order valence-corrected chi connectivity index (χ4v) is 1.67. The molecule has 0 radical (unpaired) electrons. The summed E-state index contributed by atoms with van der Waals surface area (Å²) in [5.74, 6) is 0.0463. The highest BCUT2D eigenvalue weighted by molar-refractivity contribution is 9.10. The fraction of sp³-hybridized carbons (Fsp3) is 0.417. The molecule has 1 aromatic carbocycles. The molecular weight excluding hydrogens is 268 g/mol. The maximum atomic E-state index is 11.6. The van der Waals surface area contributed by atoms with Gasteiger partial charge in [-0.3, -0.25) is 4.79 Å². The molecule has 1 aromatic rings. The third-order valence-corrected chi connectivity index (χ3v) is 3.21. The predicted octanol–water partition coefficient (Wildman–Crippen LogP) is 2.05. The van der Waals surface area contributed by atoms with Gasteiger partial charge < -0.3 is 11.1 Å². The van der Waals surface area contributed by atoms with E-state index >= 15 is 0 Å². The smallest absolute Gasteiger partial charge is 0.237 e. The van der Waals surface area contributed by atoms with Gasteiger partial charge in [-0.15, -0.1) is 0 Å². The molecule has 0 saturated heterocycles. The molecule has 1 amide bonds. The van der Waals surface area contributed by atoms with Crippen molar-refractivity contribution >= 4 is 21.8 Å². The van der Waals surface area contributed by atoms with Gasteiger partial charge in [0.1, 0.15) is 0 Å². The zero-order valence-electron chi connectivity index (χ0n) is 9.53. The number of amides is 1. The largest absolute Gasteiger partial charge is 0.351 e. The fourth-order valence-electron chi connectivity index (χ4n) is 1.24. The SMILES string of the molecule is CC(C)[C@H](N)C(=O)NCc1ccccc1Br. The topological polar surface area (TPSA) is 55.1 Å². The molecule has 16 heavy (non-hydrogen) atoms. The molecule has 0 bridgehead atoms. The Bertz CT molecular complexity index is 366. The van der Waals surface area contributed by atoms with Crippen LogP contribution in [0.3, 0.4) is 0 Å². The Hall–Kier alpha value is -0.870. The van der Waals surface area contributed by atoms with Crippen LogP contribution in [0.15, 0.2) is 28.7 Å². The summed E-state index contributed by atoms with van der Waals surface area (Å²) >= 11 is 3.43. The monoisotopic (exact) mass is 284 g/mol. The predicted molar refractivity (Wildman–Crippen MR) is 68.8 cm³/mol. The first-order valence-corrected chi connectivity index (χ1v) is 6.08. The third kappa shape index (κ3) is 3.61. The van der Waals surface area contributed by atoms with E-state index in [0.29, 0.717) is 6.54 Å². The number of nitrogens with two attached hydrogens (primary N) is 1. The van der Waals surface area contributed by atoms with Crippen molar-refractivity contribution in [3.63, 3.8) is 0 Å². The summed E-state index contributed by atoms with van der Waals surface area (Å²) in [6.45, 7) is 4.37. The lowest BCUT2D eigenvalue weighted by atomic mass is 10.0. The number of carbonyl (C=O) groups excluding carboxylic acids is 1. The van der Waals surface area contributed by atoms with E-state index in [1.54, 1.807) is 0 Å². The van der Waals surface area contributed by atoms with Crippen LogP contribution in [0.1, 0.15) is 19.4 Å². The van der Waals surface area contributed by atoms with E-state index in [4.69, 9.17) is 5.73 Å². The number of rotatable bonds is 4. The van der Waals surface area contributed by atoms with Crippen LogP contribution < -0.4 is 11.1 Å². The summed E-state index contributed by atoms with van der Waals surface area (Å²) in [6.07, 6.45) is 0. The van der Waals surface area contributed by atoms with E-state index in [-0.39, 0.29) is 11.8 Å². The van der Waals surface area contributed by atoms with Gasteiger partial charge in [-0.05, 0) is 17.5 Å². The number of nitrogens with one attached hydrogen (secondary N) is 1. The van der Waals surface area contributed by atoms with Gasteiger partial charge in [0.2, 0.25) is 5.91 Å². The first-order valence-electron chi connectivity index (χ1n) is 5.29. The highest BCUT2D eigenvalue weighted by Gasteiger charge is 2.16. The summed E-state index contributed by atoms with van der Waals surface area (Å²) < 4.78 is 0.994. The number of benzene rings is 1. The molecule has 0 aromatic heterocycles. The summed E-state index contributed by atoms with van der Waals surface area (Å²) in [5.41, 5.74) is 6.79. The second kappa shape index (κ2) is 6.01. The highest BCUT2D eigenvalue weighted by atomic mass is 79.9. The minimum Gasteiger partial charge on any atom is -0.351 e. The molecule has 0 heterocycles. The zero-order chi connectivity index (χ0) is 12.1. The van der Waals surface area contributed by atoms with E-state index in [9.17, 15) is 4.79 Å². The summed E-state index contributed by atoms with van der Waals surface area (Å²) in [5, 5.41) is 2.83. The quantitative estimate of drug-likeness (QED) is 0.889. The average Bonchev–Trinajstić information content (AvgIpc) is 2.26. The van der Waals surface area contributed by atoms with E-state index in [1.807, 2.05) is 38.1 Å². The van der Waals surface area contributed by atoms with Gasteiger partial charge in [0, 0.05) is 11.0 Å². The summed E-state index contributed by atoms with van der Waals surface area (Å²) in [4.78, 5) is 11.6. The second-order valence-corrected chi connectivity index (χ2v) is 4.93. The molecule has 3 N–H and O–H groups in total. The van der Waals surface area contributed by atoms with Crippen molar-refractivity contribution in [3.05, 3.63) is 34.3 Å². The van der Waals surface area contributed by atoms with Crippen LogP contribution in [0, 0.1) is 5.92 Å². The maximum Gasteiger partial charge on any atom is 0.237 e. The third-order valence-electron chi connectivity index (χ3n) is 2.43. The van der Waals surface area contributed by atoms with Crippen LogP contribution in [0.25, 0.3) is 0 Å². The standard InChI is InChI=1S/C12H17BrN2O/c1-8(2)11(14)12(16)15-7-9-5-3-4-6-10(9)13/h3-6,8,11H,7,14H2,1-2H3,(H,15,16)/t11-/m0/s1. The van der Waals surface area contributed by atoms with Crippen LogP contribution in [-0.4, -0.2) is 11.9 Å². The van der Waals surface area contributed by atoms with Crippen LogP contribution >= 0.6 is 15.9 Å². The number of hydrogen-bond donors (Lipinski definition) is 2. The second-order valence-electron chi connectivity index (χ2n) is 4.08. The van der Waals surface area contributed by atoms with Crippen LogP contribution in [-0.2, 0) is 11.3 Å². The molecule has 0 unspecified atom stereocenters. The van der Waals surface area contributed by atoms with Crippen molar-refractivity contribution in [2.45, 2.75) is 26.4 Å². The molecular formula is C12H17BrN2O. The molecule has 0 spiro atoms. The van der Waals surface area contributed by atoms with Crippen molar-refractivity contribution < 1.29 is 4.79 Å². The zero-order valence-corrected chi connectivity index (χ0v) is 11.1. The molecule has 3 nitrogen and oxygen atoms in total. The molecule has 0 aliphatic rings. The number of halogens is 1. The molecule has 4 heteroatoms. The van der Waals surface area contributed by atoms with Gasteiger partial charge in [-0.2, -0.15) is 0 Å². The van der Waals surface area contributed by atoms with Gasteiger partial charge in [-0.1, -0.05) is 48.0 Å². The Labute approximate surface area is 105 Å². The molecule has 88 valence electrons. The van der Waals surface area contributed by atoms with Gasteiger partial charge in [0.15, 0.2) is 0 Å². The van der Waals surface area contributed by atoms with E-state index in [0.717, 1.165) is 10.0 Å². The normalized spacial score (nSPS) is 12.6. The lowest BCUT2D eigenvalue weighted by molar-refractivity contribution is -0.123. The number of hydrogen-bond acceptors (Lipinski definition) is 2. The lowest BCUT2D eigenvalue weighted by Crippen LogP contribution is -2.43. The van der Waals surface area contributed by atoms with Crippen molar-refractivity contribution in [1.82, 2.24) is 5.32 Å². The van der Waals surface area contributed by atoms with Crippen LogP contribution in [0.4, 0.5) is 0 Å². The Morgan fingerprint density at radius 2 is 2.06 bits per heavy atom. The Balaban J connectivity index is 2.52. The first kappa shape index (κ1) is 13.2. The maximum absolute atomic E-state index is 11.6. The van der Waals surface area contributed by atoms with E-state index < -0.39 is 6.04 Å². The Morgan fingerprint density at radius 3 is 2.62 bits per heavy atom. The molecule has 0 saturated carbocycles. The highest BCUT2D eigenvalue weighted by Crippen LogP contribution is 2.15. The van der Waals surface area contributed by atoms with Crippen molar-refractivity contribution in [1.29, 1.82) is 0 Å². The Morgan fingerprint density at radius 1 is 1.44 bits per heavy atom. The number of carbonyl (C=O) groups is 1. The van der Waals surface area contributed by atoms with Gasteiger partial charge in [0.25, 0.3) is 0 Å². The molecule has 1 rings (SSSR count). The van der Waals surface area contributed by atoms with E-state index in [2.05, 4.69) is 21.2 Å². The van der Waals surface area contributed by atoms with Gasteiger partial charge >= 0.3 is 0 Å². The molecule has 1 atom stereocenters. The lowest BCUT2D eigenvalue weighted by Gasteiger charge is -2.15. The van der Waals surface area contributed by atoms with Crippen LogP contribution in [0.5, 0.6) is 0 Å². The van der Waals surface area contributed by atoms with Crippen LogP contribution in [0.2, 0.25) is 0 Å².